The number of carboxylic acid groups (broad SMARTS) is 1. The van der Waals surface area contributed by atoms with E-state index in [4.69, 9.17) is 0 Å². The molecule has 0 bridgehead atoms. The highest BCUT2D eigenvalue weighted by Crippen LogP contribution is 2.48. The summed E-state index contributed by atoms with van der Waals surface area (Å²) in [6.45, 7) is 0. The molecule has 4 atom stereocenters. The maximum absolute atomic E-state index is 13.6. The number of likely N-dealkylation sites (N-methyl/N-ethyl adjacent to an activating group) is 1. The number of hydrogen-bond donors (Lipinski definition) is 3. The van der Waals surface area contributed by atoms with Crippen LogP contribution in [0.1, 0.15) is 29.0 Å². The Morgan fingerprint density at radius 1 is 0.947 bits per heavy atom. The molecule has 0 spiro atoms. The summed E-state index contributed by atoms with van der Waals surface area (Å²) >= 11 is 0. The summed E-state index contributed by atoms with van der Waals surface area (Å²) < 4.78 is 0. The van der Waals surface area contributed by atoms with Crippen molar-refractivity contribution in [3.63, 3.8) is 0 Å². The number of fused-ring (bicyclic) bond motifs is 1. The summed E-state index contributed by atoms with van der Waals surface area (Å²) in [6.07, 6.45) is 2.93. The highest BCUT2D eigenvalue weighted by Gasteiger charge is 2.47. The number of H-pyrrole nitrogens is 1. The van der Waals surface area contributed by atoms with Crippen molar-refractivity contribution in [2.45, 2.75) is 37.3 Å². The number of aliphatic carboxylic acids is 1. The molecular weight excluding hydrogens is 478 g/mol. The van der Waals surface area contributed by atoms with Crippen LogP contribution in [0.15, 0.2) is 91.1 Å². The van der Waals surface area contributed by atoms with Crippen LogP contribution in [0.4, 0.5) is 0 Å². The van der Waals surface area contributed by atoms with Gasteiger partial charge in [0.25, 0.3) is 0 Å². The summed E-state index contributed by atoms with van der Waals surface area (Å²) in [4.78, 5) is 43.9. The fourth-order valence-electron chi connectivity index (χ4n) is 5.18. The number of nitrogens with one attached hydrogen (secondary N) is 2. The van der Waals surface area contributed by atoms with Gasteiger partial charge in [-0.2, -0.15) is 0 Å². The first-order chi connectivity index (χ1) is 18.4. The lowest BCUT2D eigenvalue weighted by molar-refractivity contribution is -0.144. The first-order valence-corrected chi connectivity index (χ1v) is 12.9. The fraction of sp³-hybridized carbons (Fsp3) is 0.258. The van der Waals surface area contributed by atoms with E-state index in [0.29, 0.717) is 0 Å². The van der Waals surface area contributed by atoms with Crippen molar-refractivity contribution in [2.75, 3.05) is 7.05 Å². The summed E-state index contributed by atoms with van der Waals surface area (Å²) in [5.41, 5.74) is 3.72. The fourth-order valence-corrected chi connectivity index (χ4v) is 5.18. The molecule has 1 aliphatic rings. The Morgan fingerprint density at radius 2 is 1.61 bits per heavy atom. The van der Waals surface area contributed by atoms with E-state index in [1.165, 1.54) is 4.90 Å². The summed E-state index contributed by atoms with van der Waals surface area (Å²) in [5.74, 6) is -1.75. The standard InChI is InChI=1S/C31H31N3O4/c1-34(30(36)25-18-24(25)21-12-6-3-7-13-21)28(16-20-10-4-2-5-11-20)29(35)33-27(31(37)38)17-22-19-32-26-15-9-8-14-23(22)26/h2-15,19,24-25,27-28,32H,16-18H2,1H3,(H,33,35)(H,37,38)/t24-,25+,27-,28+/m0/s1. The van der Waals surface area contributed by atoms with E-state index >= 15 is 0 Å². The van der Waals surface area contributed by atoms with Crippen LogP contribution in [-0.2, 0) is 27.2 Å². The monoisotopic (exact) mass is 509 g/mol. The number of carbonyl (C=O) groups excluding carboxylic acids is 2. The normalized spacial score (nSPS) is 17.9. The Hall–Kier alpha value is -4.39. The van der Waals surface area contributed by atoms with Gasteiger partial charge in [-0.15, -0.1) is 0 Å². The number of carbonyl (C=O) groups is 3. The van der Waals surface area contributed by atoms with Gasteiger partial charge in [0.2, 0.25) is 11.8 Å². The molecule has 1 heterocycles. The molecule has 3 N–H and O–H groups in total. The Labute approximate surface area is 221 Å². The zero-order valence-corrected chi connectivity index (χ0v) is 21.2. The largest absolute Gasteiger partial charge is 0.480 e. The van der Waals surface area contributed by atoms with Gasteiger partial charge in [-0.05, 0) is 35.1 Å². The minimum Gasteiger partial charge on any atom is -0.480 e. The van der Waals surface area contributed by atoms with Crippen molar-refractivity contribution in [3.05, 3.63) is 108 Å². The number of rotatable bonds is 10. The molecule has 7 heteroatoms. The van der Waals surface area contributed by atoms with Crippen molar-refractivity contribution in [1.29, 1.82) is 0 Å². The highest BCUT2D eigenvalue weighted by atomic mass is 16.4. The molecule has 1 fully saturated rings. The predicted molar refractivity (Wildman–Crippen MR) is 146 cm³/mol. The topological polar surface area (TPSA) is 103 Å². The molecule has 3 aromatic carbocycles. The predicted octanol–water partition coefficient (Wildman–Crippen LogP) is 4.15. The van der Waals surface area contributed by atoms with Crippen LogP contribution in [0, 0.1) is 5.92 Å². The summed E-state index contributed by atoms with van der Waals surface area (Å²) in [6, 6.07) is 25.1. The number of carboxylic acids is 1. The molecule has 1 aromatic heterocycles. The van der Waals surface area contributed by atoms with Crippen molar-refractivity contribution in [2.24, 2.45) is 5.92 Å². The van der Waals surface area contributed by atoms with Gasteiger partial charge in [-0.3, -0.25) is 9.59 Å². The third-order valence-electron chi connectivity index (χ3n) is 7.44. The molecule has 0 saturated heterocycles. The summed E-state index contributed by atoms with van der Waals surface area (Å²) in [7, 11) is 1.64. The second-order valence-electron chi connectivity index (χ2n) is 9.98. The molecule has 1 saturated carbocycles. The number of nitrogens with zero attached hydrogens (tertiary/aromatic N) is 1. The van der Waals surface area contributed by atoms with Crippen LogP contribution < -0.4 is 5.32 Å². The third kappa shape index (κ3) is 5.47. The minimum atomic E-state index is -1.14. The average molecular weight is 510 g/mol. The van der Waals surface area contributed by atoms with Gasteiger partial charge in [-0.25, -0.2) is 4.79 Å². The van der Waals surface area contributed by atoms with Gasteiger partial charge >= 0.3 is 5.97 Å². The maximum Gasteiger partial charge on any atom is 0.326 e. The van der Waals surface area contributed by atoms with E-state index in [0.717, 1.165) is 34.0 Å². The Morgan fingerprint density at radius 3 is 2.32 bits per heavy atom. The molecule has 1 aliphatic carbocycles. The lowest BCUT2D eigenvalue weighted by atomic mass is 10.0. The molecule has 4 aromatic rings. The molecule has 194 valence electrons. The van der Waals surface area contributed by atoms with Crippen LogP contribution in [0.25, 0.3) is 10.9 Å². The van der Waals surface area contributed by atoms with Crippen molar-refractivity contribution in [3.8, 4) is 0 Å². The van der Waals surface area contributed by atoms with E-state index < -0.39 is 24.0 Å². The number of benzene rings is 3. The van der Waals surface area contributed by atoms with E-state index in [1.54, 1.807) is 13.2 Å². The van der Waals surface area contributed by atoms with Crippen LogP contribution in [-0.4, -0.2) is 51.9 Å². The molecule has 0 unspecified atom stereocenters. The first kappa shape index (κ1) is 25.3. The maximum atomic E-state index is 13.6. The molecule has 2 amide bonds. The molecule has 38 heavy (non-hydrogen) atoms. The van der Waals surface area contributed by atoms with Crippen molar-refractivity contribution < 1.29 is 19.5 Å². The van der Waals surface area contributed by atoms with Crippen LogP contribution in [0.2, 0.25) is 0 Å². The Kier molecular flexibility index (Phi) is 7.26. The van der Waals surface area contributed by atoms with Gasteiger partial charge in [0.1, 0.15) is 12.1 Å². The van der Waals surface area contributed by atoms with Gasteiger partial charge in [0.05, 0.1) is 0 Å². The average Bonchev–Trinajstić information content (AvgIpc) is 3.65. The van der Waals surface area contributed by atoms with Crippen molar-refractivity contribution in [1.82, 2.24) is 15.2 Å². The van der Waals surface area contributed by atoms with Crippen LogP contribution >= 0.6 is 0 Å². The lowest BCUT2D eigenvalue weighted by Gasteiger charge is -2.29. The minimum absolute atomic E-state index is 0.0987. The van der Waals surface area contributed by atoms with Crippen LogP contribution in [0.3, 0.4) is 0 Å². The molecular formula is C31H31N3O4. The quantitative estimate of drug-likeness (QED) is 0.299. The van der Waals surface area contributed by atoms with Crippen molar-refractivity contribution >= 4 is 28.7 Å². The SMILES string of the molecule is CN(C(=O)[C@@H]1C[C@H]1c1ccccc1)[C@H](Cc1ccccc1)C(=O)N[C@@H](Cc1c[nH]c2ccccc12)C(=O)O. The third-order valence-corrected chi connectivity index (χ3v) is 7.44. The van der Waals surface area contributed by atoms with Gasteiger partial charge < -0.3 is 20.3 Å². The van der Waals surface area contributed by atoms with E-state index in [9.17, 15) is 19.5 Å². The molecule has 0 radical (unpaired) electrons. The first-order valence-electron chi connectivity index (χ1n) is 12.9. The van der Waals surface area contributed by atoms with Crippen LogP contribution in [0.5, 0.6) is 0 Å². The number of aromatic amines is 1. The van der Waals surface area contributed by atoms with E-state index in [1.807, 2.05) is 84.9 Å². The molecule has 5 rings (SSSR count). The van der Waals surface area contributed by atoms with E-state index in [2.05, 4.69) is 10.3 Å². The second-order valence-corrected chi connectivity index (χ2v) is 9.98. The van der Waals surface area contributed by atoms with Gasteiger partial charge in [0.15, 0.2) is 0 Å². The summed E-state index contributed by atoms with van der Waals surface area (Å²) in [5, 5.41) is 13.6. The number of aromatic nitrogens is 1. The van der Waals surface area contributed by atoms with Gasteiger partial charge in [-0.1, -0.05) is 78.9 Å². The molecule has 0 aliphatic heterocycles. The highest BCUT2D eigenvalue weighted by molar-refractivity contribution is 5.92. The number of hydrogen-bond acceptors (Lipinski definition) is 3. The van der Waals surface area contributed by atoms with E-state index in [-0.39, 0.29) is 30.6 Å². The Balaban J connectivity index is 1.34. The zero-order chi connectivity index (χ0) is 26.6. The van der Waals surface area contributed by atoms with Gasteiger partial charge in [0, 0.05) is 42.9 Å². The second kappa shape index (κ2) is 10.9. The Bertz CT molecular complexity index is 1430. The number of para-hydroxylation sites is 1. The number of amides is 2. The lowest BCUT2D eigenvalue weighted by Crippen LogP contribution is -2.53. The zero-order valence-electron chi connectivity index (χ0n) is 21.2. The molecule has 7 nitrogen and oxygen atoms in total. The smallest absolute Gasteiger partial charge is 0.326 e.